The molecule has 0 aliphatic heterocycles. The van der Waals surface area contributed by atoms with Gasteiger partial charge >= 0.3 is 0 Å². The van der Waals surface area contributed by atoms with Crippen molar-refractivity contribution in [3.8, 4) is 12.8 Å². The van der Waals surface area contributed by atoms with Gasteiger partial charge in [-0.2, -0.15) is 0 Å². The number of nitrogens with one attached hydrogen (secondary N) is 3. The molecule has 0 unspecified atom stereocenters. The van der Waals surface area contributed by atoms with E-state index in [1.54, 1.807) is 6.07 Å². The van der Waals surface area contributed by atoms with E-state index in [-0.39, 0.29) is 5.56 Å². The van der Waals surface area contributed by atoms with E-state index in [2.05, 4.69) is 88.0 Å². The van der Waals surface area contributed by atoms with E-state index in [0.29, 0.717) is 12.4 Å². The summed E-state index contributed by atoms with van der Waals surface area (Å²) in [6.45, 7) is 0.761. The molecule has 3 aromatic carbocycles. The van der Waals surface area contributed by atoms with Gasteiger partial charge in [0.05, 0.1) is 5.69 Å². The van der Waals surface area contributed by atoms with Crippen molar-refractivity contribution < 1.29 is 0 Å². The van der Waals surface area contributed by atoms with Gasteiger partial charge in [-0.05, 0) is 48.8 Å². The minimum atomic E-state index is -0.128. The zero-order valence-corrected chi connectivity index (χ0v) is 19.3. The molecule has 0 amide bonds. The lowest BCUT2D eigenvalue weighted by Gasteiger charge is -2.08. The molecule has 0 aliphatic carbocycles. The van der Waals surface area contributed by atoms with Gasteiger partial charge in [-0.3, -0.25) is 9.78 Å². The Labute approximate surface area is 196 Å². The summed E-state index contributed by atoms with van der Waals surface area (Å²) in [5, 5.41) is 8.41. The molecule has 0 saturated carbocycles. The fraction of sp³-hybridized carbons (Fsp3) is 0.214. The number of hydrogen-bond donors (Lipinski definition) is 3. The highest BCUT2D eigenvalue weighted by Gasteiger charge is 2.04. The zero-order chi connectivity index (χ0) is 23.9. The standard InChI is InChI=1S/C24H23N3O.C2H7N.C2H2/c28-23-17-22(16-19-12-13-20-10-4-5-11-21(20)15-19)26-24(27-23)25-14-6-9-18-7-2-1-3-8-18;1-3-2;1-2/h1-5,7-8,10-13,15,17H,6,9,14,16H2,(H2,25,26,27,28);3H,1-2H3;1-2H. The molecule has 0 radical (unpaired) electrons. The van der Waals surface area contributed by atoms with Crippen molar-refractivity contribution in [3.63, 3.8) is 0 Å². The molecule has 0 atom stereocenters. The van der Waals surface area contributed by atoms with Crippen molar-refractivity contribution in [2.45, 2.75) is 19.3 Å². The van der Waals surface area contributed by atoms with Gasteiger partial charge < -0.3 is 10.6 Å². The Balaban J connectivity index is 0.000000714. The summed E-state index contributed by atoms with van der Waals surface area (Å²) >= 11 is 0. The van der Waals surface area contributed by atoms with E-state index in [4.69, 9.17) is 0 Å². The number of aryl methyl sites for hydroxylation is 1. The van der Waals surface area contributed by atoms with E-state index < -0.39 is 0 Å². The first-order chi connectivity index (χ1) is 16.2. The first-order valence-electron chi connectivity index (χ1n) is 11.0. The Hall–Kier alpha value is -3.88. The molecule has 3 N–H and O–H groups in total. The van der Waals surface area contributed by atoms with E-state index in [0.717, 1.165) is 30.6 Å². The highest BCUT2D eigenvalue weighted by atomic mass is 16.1. The molecule has 5 heteroatoms. The van der Waals surface area contributed by atoms with Crippen LogP contribution in [0.25, 0.3) is 10.8 Å². The van der Waals surface area contributed by atoms with Crippen LogP contribution in [-0.2, 0) is 12.8 Å². The van der Waals surface area contributed by atoms with Crippen molar-refractivity contribution in [1.29, 1.82) is 0 Å². The molecule has 0 saturated heterocycles. The number of terminal acetylenes is 1. The van der Waals surface area contributed by atoms with Gasteiger partial charge in [0.15, 0.2) is 0 Å². The van der Waals surface area contributed by atoms with Crippen LogP contribution in [0.3, 0.4) is 0 Å². The van der Waals surface area contributed by atoms with Gasteiger partial charge in [-0.15, -0.1) is 12.8 Å². The summed E-state index contributed by atoms with van der Waals surface area (Å²) < 4.78 is 0. The second kappa shape index (κ2) is 14.2. The lowest BCUT2D eigenvalue weighted by Crippen LogP contribution is -2.15. The average molecular weight is 441 g/mol. The summed E-state index contributed by atoms with van der Waals surface area (Å²) in [4.78, 5) is 19.4. The van der Waals surface area contributed by atoms with Crippen LogP contribution < -0.4 is 16.2 Å². The smallest absolute Gasteiger partial charge is 0.252 e. The van der Waals surface area contributed by atoms with Crippen molar-refractivity contribution in [1.82, 2.24) is 15.3 Å². The van der Waals surface area contributed by atoms with Crippen molar-refractivity contribution in [2.24, 2.45) is 0 Å². The second-order valence-electron chi connectivity index (χ2n) is 7.46. The number of H-pyrrole nitrogens is 1. The SMILES string of the molecule is C#C.CNC.O=c1cc(Cc2ccc3ccccc3c2)nc(NCCCc2ccccc2)[nH]1. The van der Waals surface area contributed by atoms with Gasteiger partial charge in [0.25, 0.3) is 5.56 Å². The summed E-state index contributed by atoms with van der Waals surface area (Å²) in [6, 6.07) is 26.6. The number of nitrogens with zero attached hydrogens (tertiary/aromatic N) is 1. The van der Waals surface area contributed by atoms with Gasteiger partial charge in [0.1, 0.15) is 0 Å². The van der Waals surface area contributed by atoms with E-state index >= 15 is 0 Å². The molecule has 0 aliphatic rings. The van der Waals surface area contributed by atoms with E-state index in [1.165, 1.54) is 16.3 Å². The molecule has 0 bridgehead atoms. The maximum absolute atomic E-state index is 12.0. The van der Waals surface area contributed by atoms with Crippen molar-refractivity contribution in [3.05, 3.63) is 106 Å². The number of rotatable bonds is 7. The summed E-state index contributed by atoms with van der Waals surface area (Å²) in [5.41, 5.74) is 3.10. The summed E-state index contributed by atoms with van der Waals surface area (Å²) in [6.07, 6.45) is 10.6. The number of hydrogen-bond acceptors (Lipinski definition) is 4. The predicted molar refractivity (Wildman–Crippen MR) is 140 cm³/mol. The molecule has 170 valence electrons. The average Bonchev–Trinajstić information content (AvgIpc) is 2.84. The highest BCUT2D eigenvalue weighted by molar-refractivity contribution is 5.83. The lowest BCUT2D eigenvalue weighted by molar-refractivity contribution is 0.847. The number of aromatic amines is 1. The molecule has 1 aromatic heterocycles. The number of anilines is 1. The molecule has 4 aromatic rings. The van der Waals surface area contributed by atoms with Crippen molar-refractivity contribution >= 4 is 16.7 Å². The van der Waals surface area contributed by atoms with Gasteiger partial charge in [-0.25, -0.2) is 4.98 Å². The third-order valence-corrected chi connectivity index (χ3v) is 4.77. The lowest BCUT2D eigenvalue weighted by atomic mass is 10.0. The fourth-order valence-electron chi connectivity index (χ4n) is 3.38. The maximum atomic E-state index is 12.0. The molecular formula is C28H32N4O. The van der Waals surface area contributed by atoms with Crippen LogP contribution in [0.2, 0.25) is 0 Å². The zero-order valence-electron chi connectivity index (χ0n) is 19.3. The largest absolute Gasteiger partial charge is 0.356 e. The van der Waals surface area contributed by atoms with Crippen LogP contribution in [-0.4, -0.2) is 30.6 Å². The Morgan fingerprint density at radius 2 is 1.52 bits per heavy atom. The van der Waals surface area contributed by atoms with E-state index in [9.17, 15) is 4.79 Å². The van der Waals surface area contributed by atoms with E-state index in [1.807, 2.05) is 32.3 Å². The third-order valence-electron chi connectivity index (χ3n) is 4.77. The normalized spacial score (nSPS) is 9.82. The first-order valence-corrected chi connectivity index (χ1v) is 11.0. The summed E-state index contributed by atoms with van der Waals surface area (Å²) in [7, 11) is 3.75. The fourth-order valence-corrected chi connectivity index (χ4v) is 3.38. The van der Waals surface area contributed by atoms with Crippen LogP contribution in [0.15, 0.2) is 83.7 Å². The number of aromatic nitrogens is 2. The molecule has 33 heavy (non-hydrogen) atoms. The van der Waals surface area contributed by atoms with Gasteiger partial charge in [-0.1, -0.05) is 72.8 Å². The second-order valence-corrected chi connectivity index (χ2v) is 7.46. The topological polar surface area (TPSA) is 69.8 Å². The number of fused-ring (bicyclic) bond motifs is 1. The van der Waals surface area contributed by atoms with Crippen LogP contribution >= 0.6 is 0 Å². The Kier molecular flexibility index (Phi) is 10.9. The minimum absolute atomic E-state index is 0.128. The molecule has 1 heterocycles. The van der Waals surface area contributed by atoms with Gasteiger partial charge in [0.2, 0.25) is 5.95 Å². The van der Waals surface area contributed by atoms with Crippen LogP contribution in [0, 0.1) is 12.8 Å². The monoisotopic (exact) mass is 440 g/mol. The molecule has 5 nitrogen and oxygen atoms in total. The van der Waals surface area contributed by atoms with Crippen LogP contribution in [0.4, 0.5) is 5.95 Å². The highest BCUT2D eigenvalue weighted by Crippen LogP contribution is 2.17. The predicted octanol–water partition coefficient (Wildman–Crippen LogP) is 4.64. The Bertz CT molecular complexity index is 1180. The minimum Gasteiger partial charge on any atom is -0.356 e. The maximum Gasteiger partial charge on any atom is 0.252 e. The van der Waals surface area contributed by atoms with Gasteiger partial charge in [0, 0.05) is 19.0 Å². The summed E-state index contributed by atoms with van der Waals surface area (Å²) in [5.74, 6) is 0.538. The van der Waals surface area contributed by atoms with Crippen LogP contribution in [0.1, 0.15) is 23.2 Å². The molecular weight excluding hydrogens is 408 g/mol. The Morgan fingerprint density at radius 3 is 2.24 bits per heavy atom. The third kappa shape index (κ3) is 8.64. The quantitative estimate of drug-likeness (QED) is 0.289. The van der Waals surface area contributed by atoms with Crippen molar-refractivity contribution in [2.75, 3.05) is 26.0 Å². The Morgan fingerprint density at radius 1 is 0.848 bits per heavy atom. The molecule has 0 fully saturated rings. The molecule has 0 spiro atoms. The first kappa shape index (κ1) is 25.4. The molecule has 4 rings (SSSR count). The van der Waals surface area contributed by atoms with Crippen LogP contribution in [0.5, 0.6) is 0 Å². The number of benzene rings is 3.